The smallest absolute Gasteiger partial charge is 0.255 e. The van der Waals surface area contributed by atoms with Crippen molar-refractivity contribution in [1.29, 1.82) is 0 Å². The van der Waals surface area contributed by atoms with Gasteiger partial charge in [0.05, 0.1) is 22.8 Å². The number of fused-ring (bicyclic) bond motifs is 2. The lowest BCUT2D eigenvalue weighted by molar-refractivity contribution is 0.0939. The van der Waals surface area contributed by atoms with Crippen molar-refractivity contribution >= 4 is 22.6 Å². The zero-order valence-corrected chi connectivity index (χ0v) is 18.4. The molecule has 3 aromatic rings. The van der Waals surface area contributed by atoms with Gasteiger partial charge in [-0.25, -0.2) is 9.67 Å². The van der Waals surface area contributed by atoms with Crippen molar-refractivity contribution in [2.45, 2.75) is 71.0 Å². The zero-order valence-electron chi connectivity index (χ0n) is 18.4. The van der Waals surface area contributed by atoms with Crippen LogP contribution in [0.2, 0.25) is 0 Å². The molecule has 1 fully saturated rings. The van der Waals surface area contributed by atoms with E-state index in [9.17, 15) is 4.79 Å². The standard InChI is InChI=1S/C25H31N5O/c1-3-30-24-21(15-27-30)23(28-19-10-8-16(2)9-11-19)22(14-26-24)25(31)29-20-12-17-6-4-5-7-18(17)13-20/h4-7,14-16,19-20H,3,8-13H2,1-2H3,(H,26,28)(H,29,31). The largest absolute Gasteiger partial charge is 0.381 e. The Bertz CT molecular complexity index is 1070. The van der Waals surface area contributed by atoms with Crippen molar-refractivity contribution < 1.29 is 4.79 Å². The van der Waals surface area contributed by atoms with Crippen LogP contribution in [0.25, 0.3) is 11.0 Å². The van der Waals surface area contributed by atoms with Crippen LogP contribution in [0.3, 0.4) is 0 Å². The van der Waals surface area contributed by atoms with Gasteiger partial charge in [-0.15, -0.1) is 0 Å². The topological polar surface area (TPSA) is 71.8 Å². The zero-order chi connectivity index (χ0) is 21.4. The quantitative estimate of drug-likeness (QED) is 0.648. The molecule has 162 valence electrons. The summed E-state index contributed by atoms with van der Waals surface area (Å²) in [7, 11) is 0. The van der Waals surface area contributed by atoms with Crippen molar-refractivity contribution in [3.05, 3.63) is 53.3 Å². The average molecular weight is 418 g/mol. The van der Waals surface area contributed by atoms with Gasteiger partial charge in [-0.2, -0.15) is 5.10 Å². The number of pyridine rings is 1. The number of carbonyl (C=O) groups excluding carboxylic acids is 1. The highest BCUT2D eigenvalue weighted by molar-refractivity contribution is 6.06. The Balaban J connectivity index is 1.42. The molecule has 2 aromatic heterocycles. The molecule has 0 atom stereocenters. The van der Waals surface area contributed by atoms with Crippen molar-refractivity contribution in [3.63, 3.8) is 0 Å². The number of nitrogens with one attached hydrogen (secondary N) is 2. The molecule has 2 heterocycles. The second kappa shape index (κ2) is 8.33. The Labute approximate surface area is 183 Å². The fourth-order valence-corrected chi connectivity index (χ4v) is 5.12. The van der Waals surface area contributed by atoms with E-state index >= 15 is 0 Å². The summed E-state index contributed by atoms with van der Waals surface area (Å²) in [5.41, 5.74) is 5.01. The fourth-order valence-electron chi connectivity index (χ4n) is 5.12. The number of rotatable bonds is 5. The summed E-state index contributed by atoms with van der Waals surface area (Å²) in [6.45, 7) is 5.13. The Morgan fingerprint density at radius 1 is 1.06 bits per heavy atom. The molecule has 6 nitrogen and oxygen atoms in total. The van der Waals surface area contributed by atoms with Gasteiger partial charge in [0.2, 0.25) is 0 Å². The van der Waals surface area contributed by atoms with Gasteiger partial charge in [-0.05, 0) is 62.5 Å². The number of carbonyl (C=O) groups is 1. The SMILES string of the molecule is CCn1ncc2c(NC3CCC(C)CC3)c(C(=O)NC3Cc4ccccc4C3)cnc21. The van der Waals surface area contributed by atoms with E-state index in [-0.39, 0.29) is 11.9 Å². The summed E-state index contributed by atoms with van der Waals surface area (Å²) in [6, 6.07) is 8.96. The second-order valence-electron chi connectivity index (χ2n) is 9.19. The monoisotopic (exact) mass is 417 g/mol. The molecule has 6 heteroatoms. The van der Waals surface area contributed by atoms with Crippen molar-refractivity contribution in [2.75, 3.05) is 5.32 Å². The molecule has 31 heavy (non-hydrogen) atoms. The van der Waals surface area contributed by atoms with Gasteiger partial charge in [0, 0.05) is 24.8 Å². The third-order valence-electron chi connectivity index (χ3n) is 6.96. The van der Waals surface area contributed by atoms with E-state index in [1.165, 1.54) is 24.0 Å². The van der Waals surface area contributed by atoms with Crippen LogP contribution in [-0.4, -0.2) is 32.8 Å². The maximum absolute atomic E-state index is 13.4. The maximum atomic E-state index is 13.4. The third-order valence-corrected chi connectivity index (χ3v) is 6.96. The van der Waals surface area contributed by atoms with Gasteiger partial charge in [0.1, 0.15) is 0 Å². The predicted octanol–water partition coefficient (Wildman–Crippen LogP) is 4.34. The van der Waals surface area contributed by atoms with E-state index in [1.54, 1.807) is 6.20 Å². The number of nitrogens with zero attached hydrogens (tertiary/aromatic N) is 3. The molecule has 0 saturated heterocycles. The Morgan fingerprint density at radius 2 is 1.77 bits per heavy atom. The van der Waals surface area contributed by atoms with Crippen LogP contribution in [0.15, 0.2) is 36.7 Å². The Morgan fingerprint density at radius 3 is 2.45 bits per heavy atom. The summed E-state index contributed by atoms with van der Waals surface area (Å²) < 4.78 is 1.89. The summed E-state index contributed by atoms with van der Waals surface area (Å²) in [4.78, 5) is 18.0. The molecule has 1 saturated carbocycles. The summed E-state index contributed by atoms with van der Waals surface area (Å²) in [6.07, 6.45) is 10.0. The van der Waals surface area contributed by atoms with Crippen LogP contribution < -0.4 is 10.6 Å². The molecule has 5 rings (SSSR count). The fraction of sp³-hybridized carbons (Fsp3) is 0.480. The third kappa shape index (κ3) is 3.91. The van der Waals surface area contributed by atoms with Gasteiger partial charge in [-0.1, -0.05) is 31.2 Å². The number of amides is 1. The van der Waals surface area contributed by atoms with E-state index < -0.39 is 0 Å². The number of benzene rings is 1. The van der Waals surface area contributed by atoms with E-state index in [1.807, 2.05) is 10.9 Å². The average Bonchev–Trinajstić information content (AvgIpc) is 3.38. The van der Waals surface area contributed by atoms with E-state index in [0.717, 1.165) is 54.9 Å². The van der Waals surface area contributed by atoms with E-state index in [2.05, 4.69) is 58.8 Å². The van der Waals surface area contributed by atoms with Crippen LogP contribution in [0, 0.1) is 5.92 Å². The van der Waals surface area contributed by atoms with Crippen molar-refractivity contribution in [1.82, 2.24) is 20.1 Å². The highest BCUT2D eigenvalue weighted by atomic mass is 16.1. The molecule has 0 aliphatic heterocycles. The Kier molecular flexibility index (Phi) is 5.38. The van der Waals surface area contributed by atoms with Crippen molar-refractivity contribution in [2.24, 2.45) is 5.92 Å². The molecule has 2 aliphatic carbocycles. The first kappa shape index (κ1) is 20.0. The van der Waals surface area contributed by atoms with Gasteiger partial charge in [0.15, 0.2) is 5.65 Å². The van der Waals surface area contributed by atoms with Crippen LogP contribution in [0.5, 0.6) is 0 Å². The lowest BCUT2D eigenvalue weighted by Gasteiger charge is -2.28. The number of hydrogen-bond acceptors (Lipinski definition) is 4. The summed E-state index contributed by atoms with van der Waals surface area (Å²) >= 11 is 0. The molecule has 0 radical (unpaired) electrons. The van der Waals surface area contributed by atoms with E-state index in [4.69, 9.17) is 0 Å². The summed E-state index contributed by atoms with van der Waals surface area (Å²) in [5, 5.41) is 12.4. The lowest BCUT2D eigenvalue weighted by Crippen LogP contribution is -2.36. The molecule has 0 spiro atoms. The van der Waals surface area contributed by atoms with Crippen LogP contribution >= 0.6 is 0 Å². The number of anilines is 1. The minimum absolute atomic E-state index is 0.0527. The first-order valence-corrected chi connectivity index (χ1v) is 11.6. The van der Waals surface area contributed by atoms with Crippen LogP contribution in [0.4, 0.5) is 5.69 Å². The predicted molar refractivity (Wildman–Crippen MR) is 123 cm³/mol. The molecule has 0 unspecified atom stereocenters. The van der Waals surface area contributed by atoms with Gasteiger partial charge >= 0.3 is 0 Å². The molecule has 1 aromatic carbocycles. The number of hydrogen-bond donors (Lipinski definition) is 2. The summed E-state index contributed by atoms with van der Waals surface area (Å²) in [5.74, 6) is 0.730. The maximum Gasteiger partial charge on any atom is 0.255 e. The molecule has 0 bridgehead atoms. The number of aromatic nitrogens is 3. The normalized spacial score (nSPS) is 21.2. The van der Waals surface area contributed by atoms with Crippen LogP contribution in [-0.2, 0) is 19.4 Å². The highest BCUT2D eigenvalue weighted by Gasteiger charge is 2.27. The minimum Gasteiger partial charge on any atom is -0.381 e. The minimum atomic E-state index is -0.0527. The highest BCUT2D eigenvalue weighted by Crippen LogP contribution is 2.32. The molecular weight excluding hydrogens is 386 g/mol. The first-order valence-electron chi connectivity index (χ1n) is 11.6. The Hall–Kier alpha value is -2.89. The van der Waals surface area contributed by atoms with Gasteiger partial charge in [0.25, 0.3) is 5.91 Å². The molecule has 2 N–H and O–H groups in total. The lowest BCUT2D eigenvalue weighted by atomic mass is 9.87. The van der Waals surface area contributed by atoms with E-state index in [0.29, 0.717) is 11.6 Å². The molecule has 1 amide bonds. The molecule has 2 aliphatic rings. The number of aryl methyl sites for hydroxylation is 1. The van der Waals surface area contributed by atoms with Gasteiger partial charge < -0.3 is 10.6 Å². The second-order valence-corrected chi connectivity index (χ2v) is 9.19. The molecular formula is C25H31N5O. The van der Waals surface area contributed by atoms with Crippen molar-refractivity contribution in [3.8, 4) is 0 Å². The first-order chi connectivity index (χ1) is 15.1. The van der Waals surface area contributed by atoms with Crippen LogP contribution in [0.1, 0.15) is 61.0 Å². The van der Waals surface area contributed by atoms with Gasteiger partial charge in [-0.3, -0.25) is 4.79 Å².